The predicted molar refractivity (Wildman–Crippen MR) is 145 cm³/mol. The van der Waals surface area contributed by atoms with E-state index >= 15 is 0 Å². The molecule has 2 amide bonds. The minimum atomic E-state index is -0.717. The van der Waals surface area contributed by atoms with Crippen LogP contribution in [-0.2, 0) is 9.59 Å². The van der Waals surface area contributed by atoms with Crippen LogP contribution in [0.4, 0.5) is 15.8 Å². The van der Waals surface area contributed by atoms with E-state index in [2.05, 4.69) is 22.0 Å². The first-order valence-electron chi connectivity index (χ1n) is 12.3. The second-order valence-electron chi connectivity index (χ2n) is 9.03. The highest BCUT2D eigenvalue weighted by Crippen LogP contribution is 2.28. The van der Waals surface area contributed by atoms with Crippen molar-refractivity contribution >= 4 is 52.1 Å². The van der Waals surface area contributed by atoms with Crippen LogP contribution in [0.1, 0.15) is 19.8 Å². The molecule has 10 heteroatoms. The molecule has 0 aliphatic carbocycles. The molecule has 1 atom stereocenters. The van der Waals surface area contributed by atoms with Gasteiger partial charge in [0, 0.05) is 43.4 Å². The Labute approximate surface area is 221 Å². The summed E-state index contributed by atoms with van der Waals surface area (Å²) in [6, 6.07) is 11.7. The number of nitrogens with one attached hydrogen (secondary N) is 1. The van der Waals surface area contributed by atoms with Gasteiger partial charge in [-0.2, -0.15) is 0 Å². The van der Waals surface area contributed by atoms with Crippen LogP contribution in [-0.4, -0.2) is 83.5 Å². The Morgan fingerprint density at radius 1 is 1.03 bits per heavy atom. The molecule has 2 aromatic carbocycles. The number of benzene rings is 2. The molecule has 0 radical (unpaired) electrons. The van der Waals surface area contributed by atoms with Crippen molar-refractivity contribution in [3.63, 3.8) is 0 Å². The zero-order valence-corrected chi connectivity index (χ0v) is 21.9. The van der Waals surface area contributed by atoms with E-state index in [1.807, 2.05) is 4.90 Å². The summed E-state index contributed by atoms with van der Waals surface area (Å²) in [5, 5.41) is 3.70. The molecule has 0 bridgehead atoms. The number of rotatable bonds is 9. The van der Waals surface area contributed by atoms with E-state index in [1.54, 1.807) is 24.3 Å². The number of halogens is 2. The van der Waals surface area contributed by atoms with Crippen molar-refractivity contribution in [2.45, 2.75) is 25.8 Å². The lowest BCUT2D eigenvalue weighted by Gasteiger charge is -2.34. The fourth-order valence-electron chi connectivity index (χ4n) is 4.63. The van der Waals surface area contributed by atoms with Crippen LogP contribution < -0.4 is 10.2 Å². The highest BCUT2D eigenvalue weighted by Gasteiger charge is 2.43. The van der Waals surface area contributed by atoms with Crippen molar-refractivity contribution in [3.05, 3.63) is 59.4 Å². The second-order valence-corrected chi connectivity index (χ2v) is 9.83. The molecule has 1 N–H and O–H groups in total. The van der Waals surface area contributed by atoms with Gasteiger partial charge >= 0.3 is 0 Å². The lowest BCUT2D eigenvalue weighted by Crippen LogP contribution is -2.47. The number of amides is 2. The van der Waals surface area contributed by atoms with E-state index < -0.39 is 6.04 Å². The van der Waals surface area contributed by atoms with E-state index in [9.17, 15) is 14.0 Å². The Bertz CT molecular complexity index is 1080. The van der Waals surface area contributed by atoms with Crippen LogP contribution in [0, 0.1) is 5.82 Å². The van der Waals surface area contributed by atoms with E-state index in [0.717, 1.165) is 45.7 Å². The Balaban J connectivity index is 1.44. The third-order valence-electron chi connectivity index (χ3n) is 6.70. The van der Waals surface area contributed by atoms with Crippen LogP contribution in [0.5, 0.6) is 0 Å². The summed E-state index contributed by atoms with van der Waals surface area (Å²) in [7, 11) is 0. The summed E-state index contributed by atoms with van der Waals surface area (Å²) in [5.41, 5.74) is 1.10. The molecule has 2 aliphatic rings. The summed E-state index contributed by atoms with van der Waals surface area (Å²) >= 11 is 11.8. The number of hydrogen-bond acceptors (Lipinski definition) is 5. The fourth-order valence-corrected chi connectivity index (χ4v) is 5.17. The number of carbonyl (C=O) groups is 2. The molecule has 192 valence electrons. The number of piperazine rings is 1. The van der Waals surface area contributed by atoms with Crippen molar-refractivity contribution in [2.24, 2.45) is 0 Å². The van der Waals surface area contributed by atoms with Crippen LogP contribution in [0.2, 0.25) is 5.02 Å². The van der Waals surface area contributed by atoms with Crippen molar-refractivity contribution < 1.29 is 14.0 Å². The van der Waals surface area contributed by atoms with Crippen molar-refractivity contribution in [1.82, 2.24) is 14.7 Å². The van der Waals surface area contributed by atoms with Crippen LogP contribution >= 0.6 is 23.8 Å². The third-order valence-corrected chi connectivity index (χ3v) is 7.36. The third kappa shape index (κ3) is 6.39. The molecular formula is C26H31ClFN5O2S. The quantitative estimate of drug-likeness (QED) is 0.496. The molecule has 2 aliphatic heterocycles. The number of thiocarbonyl (C=S) groups is 1. The van der Waals surface area contributed by atoms with Gasteiger partial charge < -0.3 is 20.0 Å². The second kappa shape index (κ2) is 12.1. The highest BCUT2D eigenvalue weighted by atomic mass is 35.5. The van der Waals surface area contributed by atoms with E-state index in [0.29, 0.717) is 28.1 Å². The van der Waals surface area contributed by atoms with E-state index in [4.69, 9.17) is 23.8 Å². The van der Waals surface area contributed by atoms with Gasteiger partial charge in [-0.3, -0.25) is 14.5 Å². The van der Waals surface area contributed by atoms with Crippen molar-refractivity contribution in [1.29, 1.82) is 0 Å². The topological polar surface area (TPSA) is 59.1 Å². The summed E-state index contributed by atoms with van der Waals surface area (Å²) < 4.78 is 13.2. The molecular weight excluding hydrogens is 501 g/mol. The monoisotopic (exact) mass is 531 g/mol. The number of anilines is 2. The maximum absolute atomic E-state index is 13.5. The molecule has 2 fully saturated rings. The molecule has 36 heavy (non-hydrogen) atoms. The lowest BCUT2D eigenvalue weighted by molar-refractivity contribution is -0.124. The van der Waals surface area contributed by atoms with Crippen LogP contribution in [0.25, 0.3) is 0 Å². The standard InChI is InChI=1S/C26H31ClFN5O2S/c1-2-30-14-16-31(17-15-30)12-3-13-32-23(18-24(34)29-21-8-6-20(28)7-9-21)25(35)33(26(32)36)22-10-4-19(27)5-11-22/h4-11,23H,2-3,12-18H2,1H3,(H,29,34)/t23-/m1/s1. The van der Waals surface area contributed by atoms with Gasteiger partial charge in [-0.25, -0.2) is 4.39 Å². The van der Waals surface area contributed by atoms with E-state index in [1.165, 1.54) is 29.2 Å². The minimum Gasteiger partial charge on any atom is -0.336 e. The maximum atomic E-state index is 13.5. The maximum Gasteiger partial charge on any atom is 0.256 e. The van der Waals surface area contributed by atoms with E-state index in [-0.39, 0.29) is 24.1 Å². The number of likely N-dealkylation sites (N-methyl/N-ethyl adjacent to an activating group) is 1. The summed E-state index contributed by atoms with van der Waals surface area (Å²) in [6.07, 6.45) is 0.764. The number of nitrogens with zero attached hydrogens (tertiary/aromatic N) is 4. The number of carbonyl (C=O) groups excluding carboxylic acids is 2. The molecule has 0 spiro atoms. The van der Waals surface area contributed by atoms with Gasteiger partial charge in [0.05, 0.1) is 12.1 Å². The molecule has 2 heterocycles. The number of hydrogen-bond donors (Lipinski definition) is 1. The lowest BCUT2D eigenvalue weighted by atomic mass is 10.1. The Hall–Kier alpha value is -2.59. The molecule has 0 unspecified atom stereocenters. The molecule has 7 nitrogen and oxygen atoms in total. The largest absolute Gasteiger partial charge is 0.336 e. The first-order chi connectivity index (χ1) is 17.4. The van der Waals surface area contributed by atoms with Gasteiger partial charge in [0.15, 0.2) is 5.11 Å². The zero-order valence-electron chi connectivity index (χ0n) is 20.3. The zero-order chi connectivity index (χ0) is 25.7. The van der Waals surface area contributed by atoms with Gasteiger partial charge in [-0.15, -0.1) is 0 Å². The average Bonchev–Trinajstić information content (AvgIpc) is 3.10. The van der Waals surface area contributed by atoms with Gasteiger partial charge in [0.2, 0.25) is 5.91 Å². The van der Waals surface area contributed by atoms with Crippen LogP contribution in [0.15, 0.2) is 48.5 Å². The summed E-state index contributed by atoms with van der Waals surface area (Å²) in [4.78, 5) is 34.6. The molecule has 2 aromatic rings. The Kier molecular flexibility index (Phi) is 8.90. The molecule has 0 aromatic heterocycles. The summed E-state index contributed by atoms with van der Waals surface area (Å²) in [6.45, 7) is 8.90. The normalized spacial score (nSPS) is 19.2. The van der Waals surface area contributed by atoms with Gasteiger partial charge in [0.1, 0.15) is 11.9 Å². The average molecular weight is 532 g/mol. The fraction of sp³-hybridized carbons (Fsp3) is 0.423. The SMILES string of the molecule is CCN1CCN(CCCN2C(=S)N(c3ccc(Cl)cc3)C(=O)[C@H]2CC(=O)Nc2ccc(F)cc2)CC1. The summed E-state index contributed by atoms with van der Waals surface area (Å²) in [5.74, 6) is -0.959. The first kappa shape index (κ1) is 26.5. The molecule has 2 saturated heterocycles. The Morgan fingerprint density at radius 2 is 1.67 bits per heavy atom. The van der Waals surface area contributed by atoms with Crippen molar-refractivity contribution in [2.75, 3.05) is 56.0 Å². The molecule has 4 rings (SSSR count). The Morgan fingerprint density at radius 3 is 2.31 bits per heavy atom. The smallest absolute Gasteiger partial charge is 0.256 e. The van der Waals surface area contributed by atoms with Crippen molar-refractivity contribution in [3.8, 4) is 0 Å². The predicted octanol–water partition coefficient (Wildman–Crippen LogP) is 3.84. The van der Waals surface area contributed by atoms with Gasteiger partial charge in [-0.05, 0) is 80.3 Å². The minimum absolute atomic E-state index is 0.0599. The first-order valence-corrected chi connectivity index (χ1v) is 13.0. The molecule has 0 saturated carbocycles. The van der Waals surface area contributed by atoms with Crippen LogP contribution in [0.3, 0.4) is 0 Å². The van der Waals surface area contributed by atoms with Gasteiger partial charge in [0.25, 0.3) is 5.91 Å². The highest BCUT2D eigenvalue weighted by molar-refractivity contribution is 7.80. The van der Waals surface area contributed by atoms with Gasteiger partial charge in [-0.1, -0.05) is 18.5 Å².